The molecule has 18 heteroatoms. The molecule has 0 spiro atoms. The van der Waals surface area contributed by atoms with Gasteiger partial charge < -0.3 is 65.2 Å². The molecule has 64 heavy (non-hydrogen) atoms. The molecule has 2 aromatic carbocycles. The van der Waals surface area contributed by atoms with Crippen LogP contribution in [0.3, 0.4) is 0 Å². The Labute approximate surface area is 366 Å². The summed E-state index contributed by atoms with van der Waals surface area (Å²) >= 11 is 0. The molecule has 6 aliphatic rings. The van der Waals surface area contributed by atoms with Crippen molar-refractivity contribution in [3.8, 4) is 17.2 Å². The fourth-order valence-corrected chi connectivity index (χ4v) is 9.91. The van der Waals surface area contributed by atoms with E-state index >= 15 is 0 Å². The average molecular weight is 890 g/mol. The molecule has 9 N–H and O–H groups in total. The lowest BCUT2D eigenvalue weighted by molar-refractivity contribution is -0.247. The number of benzene rings is 2. The van der Waals surface area contributed by atoms with Crippen LogP contribution in [0.15, 0.2) is 66.8 Å². The van der Waals surface area contributed by atoms with Gasteiger partial charge in [0.05, 0.1) is 66.3 Å². The average Bonchev–Trinajstić information content (AvgIpc) is 3.69. The first-order valence-electron chi connectivity index (χ1n) is 20.6. The van der Waals surface area contributed by atoms with E-state index in [4.69, 9.17) is 34.5 Å². The third kappa shape index (κ3) is 7.66. The lowest BCUT2D eigenvalue weighted by atomic mass is 9.72. The van der Waals surface area contributed by atoms with Gasteiger partial charge in [0, 0.05) is 59.9 Å². The zero-order valence-corrected chi connectivity index (χ0v) is 35.2. The molecule has 2 heterocycles. The minimum absolute atomic E-state index is 0.0173. The number of carbonyl (C=O) groups is 5. The zero-order valence-electron chi connectivity index (χ0n) is 35.2. The fourth-order valence-electron chi connectivity index (χ4n) is 9.91. The van der Waals surface area contributed by atoms with Crippen LogP contribution in [-0.4, -0.2) is 134 Å². The van der Waals surface area contributed by atoms with E-state index in [0.29, 0.717) is 18.4 Å². The second-order valence-corrected chi connectivity index (χ2v) is 17.1. The number of hydrogen-bond acceptors (Lipinski definition) is 18. The van der Waals surface area contributed by atoms with E-state index in [1.807, 2.05) is 0 Å². The maximum atomic E-state index is 13.6. The molecule has 342 valence electrons. The van der Waals surface area contributed by atoms with Gasteiger partial charge in [0.2, 0.25) is 5.78 Å². The standard InChI is InChI=1S/C27H29NO11.C19H22O6/c1-10-22(31)13(28)6-17(38-10)39-15-8-27(36,16(30)9-29)7-12-19(15)26(35)21-20(24(12)33)23(32)11-4-3-5-14(37-2)18(11)25(21)34;1-8-5-14(24-18(22)9(2)7-20)16-11(4)19(23)25-17(16)15-10(3)13(21)6-12(8)15/h3-5,10,13,15,17,22,29,31,33,35-36H,6-9,28H2,1-2H3;12-17,20-21H,1-7H2/t10-,13-,15-,17-,22+,27-;12-,13-,14-,15-,16+,17-/m00/s1. The maximum Gasteiger partial charge on any atom is 0.336 e. The summed E-state index contributed by atoms with van der Waals surface area (Å²) in [4.78, 5) is 63.9. The van der Waals surface area contributed by atoms with Crippen molar-refractivity contribution in [1.82, 2.24) is 0 Å². The van der Waals surface area contributed by atoms with E-state index in [0.717, 1.165) is 5.57 Å². The second kappa shape index (κ2) is 17.4. The molecule has 12 atom stereocenters. The van der Waals surface area contributed by atoms with Crippen molar-refractivity contribution in [2.24, 2.45) is 23.5 Å². The molecule has 2 aliphatic heterocycles. The van der Waals surface area contributed by atoms with Crippen LogP contribution in [0.5, 0.6) is 17.2 Å². The summed E-state index contributed by atoms with van der Waals surface area (Å²) in [5, 5.41) is 72.9. The topological polar surface area (TPSA) is 299 Å². The highest BCUT2D eigenvalue weighted by Gasteiger charge is 2.57. The normalized spacial score (nSPS) is 32.7. The number of esters is 2. The molecular weight excluding hydrogens is 838 g/mol. The van der Waals surface area contributed by atoms with Crippen LogP contribution >= 0.6 is 0 Å². The van der Waals surface area contributed by atoms with E-state index in [9.17, 15) is 54.6 Å². The smallest absolute Gasteiger partial charge is 0.336 e. The first-order chi connectivity index (χ1) is 30.2. The SMILES string of the molecule is C=C(CO)C(=O)O[C@H]1CC(=C)[C@@H]2C[C@H](O)C(=C)[C@@H]2[C@@H]2OC(=O)C(=C)[C@@H]21.COc1cccc2c1C(=O)c1c(O)c3c(c(O)c1C2=O)C[C@@](O)(C(=O)CO)C[C@@H]3O[C@H]1C[C@H](N)[C@H](O)[C@H](C)O1. The molecule has 2 aromatic rings. The highest BCUT2D eigenvalue weighted by atomic mass is 16.7. The van der Waals surface area contributed by atoms with Crippen LogP contribution in [0.25, 0.3) is 0 Å². The van der Waals surface area contributed by atoms with Gasteiger partial charge in [0.15, 0.2) is 17.9 Å². The number of carbonyl (C=O) groups excluding carboxylic acids is 5. The lowest BCUT2D eigenvalue weighted by Gasteiger charge is -2.42. The molecule has 0 unspecified atom stereocenters. The molecule has 8 rings (SSSR count). The fraction of sp³-hybridized carbons (Fsp3) is 0.457. The maximum absolute atomic E-state index is 13.6. The summed E-state index contributed by atoms with van der Waals surface area (Å²) in [6.07, 6.45) is -6.31. The van der Waals surface area contributed by atoms with Gasteiger partial charge >= 0.3 is 11.9 Å². The minimum Gasteiger partial charge on any atom is -0.507 e. The molecule has 4 aliphatic carbocycles. The largest absolute Gasteiger partial charge is 0.507 e. The van der Waals surface area contributed by atoms with Gasteiger partial charge in [-0.1, -0.05) is 44.0 Å². The van der Waals surface area contributed by atoms with Crippen LogP contribution in [0.4, 0.5) is 0 Å². The van der Waals surface area contributed by atoms with Crippen LogP contribution in [0.2, 0.25) is 0 Å². The summed E-state index contributed by atoms with van der Waals surface area (Å²) in [6.45, 7) is 15.4. The number of Topliss-reactive ketones (excluding diaryl/α,β-unsaturated/α-hetero) is 1. The number of fused-ring (bicyclic) bond motifs is 6. The Hall–Kier alpha value is -5.57. The van der Waals surface area contributed by atoms with E-state index in [1.165, 1.54) is 25.3 Å². The number of ether oxygens (including phenoxy) is 5. The molecule has 0 radical (unpaired) electrons. The summed E-state index contributed by atoms with van der Waals surface area (Å²) in [5.74, 6) is -5.95. The van der Waals surface area contributed by atoms with Crippen molar-refractivity contribution in [2.45, 2.75) is 93.6 Å². The quantitative estimate of drug-likeness (QED) is 0.0679. The predicted octanol–water partition coefficient (Wildman–Crippen LogP) is 1.06. The number of methoxy groups -OCH3 is 1. The van der Waals surface area contributed by atoms with Crippen molar-refractivity contribution >= 4 is 29.3 Å². The summed E-state index contributed by atoms with van der Waals surface area (Å²) in [7, 11) is 1.32. The number of aliphatic hydroxyl groups is 5. The van der Waals surface area contributed by atoms with Gasteiger partial charge in [-0.25, -0.2) is 9.59 Å². The molecule has 0 bridgehead atoms. The Morgan fingerprint density at radius 3 is 2.30 bits per heavy atom. The molecule has 2 saturated carbocycles. The van der Waals surface area contributed by atoms with E-state index in [-0.39, 0.29) is 57.4 Å². The van der Waals surface area contributed by atoms with Crippen LogP contribution in [0, 0.1) is 17.8 Å². The van der Waals surface area contributed by atoms with Crippen molar-refractivity contribution in [2.75, 3.05) is 20.3 Å². The molecular formula is C46H51NO17. The van der Waals surface area contributed by atoms with Gasteiger partial charge in [-0.3, -0.25) is 14.4 Å². The summed E-state index contributed by atoms with van der Waals surface area (Å²) in [6, 6.07) is 3.64. The number of nitrogens with two attached hydrogens (primary N) is 1. The number of phenolic OH excluding ortho intramolecular Hbond substituents is 2. The Morgan fingerprint density at radius 2 is 1.66 bits per heavy atom. The number of rotatable bonds is 8. The van der Waals surface area contributed by atoms with Crippen molar-refractivity contribution < 1.29 is 83.4 Å². The number of phenols is 2. The Bertz CT molecular complexity index is 2380. The van der Waals surface area contributed by atoms with Crippen LogP contribution < -0.4 is 10.5 Å². The van der Waals surface area contributed by atoms with E-state index in [2.05, 4.69) is 26.3 Å². The first-order valence-corrected chi connectivity index (χ1v) is 20.6. The number of aromatic hydroxyl groups is 2. The first kappa shape index (κ1) is 46.4. The Kier molecular flexibility index (Phi) is 12.6. The lowest BCUT2D eigenvalue weighted by Crippen LogP contribution is -2.53. The third-order valence-electron chi connectivity index (χ3n) is 13.3. The van der Waals surface area contributed by atoms with Crippen LogP contribution in [-0.2, 0) is 39.8 Å². The molecule has 2 saturated heterocycles. The third-order valence-corrected chi connectivity index (χ3v) is 13.3. The van der Waals surface area contributed by atoms with E-state index < -0.39 is 138 Å². The highest BCUT2D eigenvalue weighted by Crippen LogP contribution is 2.54. The van der Waals surface area contributed by atoms with Gasteiger partial charge in [-0.15, -0.1) is 0 Å². The number of aliphatic hydroxyl groups excluding tert-OH is 4. The Morgan fingerprint density at radius 1 is 0.969 bits per heavy atom. The monoisotopic (exact) mass is 889 g/mol. The highest BCUT2D eigenvalue weighted by molar-refractivity contribution is 6.31. The van der Waals surface area contributed by atoms with Crippen LogP contribution in [0.1, 0.15) is 81.7 Å². The van der Waals surface area contributed by atoms with Gasteiger partial charge in [-0.2, -0.15) is 0 Å². The molecule has 0 aromatic heterocycles. The molecule has 4 fully saturated rings. The van der Waals surface area contributed by atoms with Gasteiger partial charge in [-0.05, 0) is 30.9 Å². The summed E-state index contributed by atoms with van der Waals surface area (Å²) in [5.41, 5.74) is 3.96. The second-order valence-electron chi connectivity index (χ2n) is 17.1. The summed E-state index contributed by atoms with van der Waals surface area (Å²) < 4.78 is 28.0. The van der Waals surface area contributed by atoms with Gasteiger partial charge in [0.25, 0.3) is 0 Å². The molecule has 18 nitrogen and oxygen atoms in total. The van der Waals surface area contributed by atoms with Crippen molar-refractivity contribution in [3.05, 3.63) is 100 Å². The van der Waals surface area contributed by atoms with E-state index in [1.54, 1.807) is 6.92 Å². The zero-order chi connectivity index (χ0) is 46.8. The van der Waals surface area contributed by atoms with Crippen molar-refractivity contribution in [1.29, 1.82) is 0 Å². The van der Waals surface area contributed by atoms with Gasteiger partial charge in [0.1, 0.15) is 41.7 Å². The van der Waals surface area contributed by atoms with Crippen molar-refractivity contribution in [3.63, 3.8) is 0 Å². The number of hydrogen-bond donors (Lipinski definition) is 8. The minimum atomic E-state index is -2.24. The Balaban J connectivity index is 0.000000211. The predicted molar refractivity (Wildman–Crippen MR) is 221 cm³/mol. The number of ketones is 3. The molecule has 0 amide bonds.